The normalized spacial score (nSPS) is 18.7. The molecule has 0 bridgehead atoms. The lowest BCUT2D eigenvalue weighted by Gasteiger charge is -2.29. The first-order valence-corrected chi connectivity index (χ1v) is 10.0. The van der Waals surface area contributed by atoms with Crippen LogP contribution in [0.2, 0.25) is 0 Å². The molecule has 2 aromatic rings. The van der Waals surface area contributed by atoms with E-state index in [1.807, 2.05) is 36.4 Å². The number of para-hydroxylation sites is 1. The van der Waals surface area contributed by atoms with E-state index in [2.05, 4.69) is 5.32 Å². The number of nitrogens with one attached hydrogen (secondary N) is 3. The minimum Gasteiger partial charge on any atom is -0.493 e. The van der Waals surface area contributed by atoms with E-state index in [-0.39, 0.29) is 5.91 Å². The first kappa shape index (κ1) is 21.0. The lowest BCUT2D eigenvalue weighted by atomic mass is 10.2. The molecule has 0 unspecified atom stereocenters. The number of piperazine rings is 1. The minimum atomic E-state index is 0.0167. The van der Waals surface area contributed by atoms with Crippen LogP contribution in [0.5, 0.6) is 17.2 Å². The first-order valence-electron chi connectivity index (χ1n) is 10.0. The summed E-state index contributed by atoms with van der Waals surface area (Å²) < 4.78 is 16.3. The molecule has 2 aromatic carbocycles. The summed E-state index contributed by atoms with van der Waals surface area (Å²) >= 11 is 0. The number of carbonyl (C=O) groups excluding carboxylic acids is 1. The van der Waals surface area contributed by atoms with Crippen LogP contribution < -0.4 is 29.3 Å². The predicted molar refractivity (Wildman–Crippen MR) is 111 cm³/mol. The van der Waals surface area contributed by atoms with E-state index >= 15 is 0 Å². The van der Waals surface area contributed by atoms with E-state index in [9.17, 15) is 4.79 Å². The number of ether oxygens (including phenoxy) is 3. The summed E-state index contributed by atoms with van der Waals surface area (Å²) in [7, 11) is 3.18. The van der Waals surface area contributed by atoms with Gasteiger partial charge in [-0.1, -0.05) is 18.2 Å². The molecule has 7 nitrogen and oxygen atoms in total. The Morgan fingerprint density at radius 1 is 0.931 bits per heavy atom. The van der Waals surface area contributed by atoms with Crippen LogP contribution in [0.15, 0.2) is 48.5 Å². The van der Waals surface area contributed by atoms with E-state index in [4.69, 9.17) is 14.2 Å². The van der Waals surface area contributed by atoms with Gasteiger partial charge in [0.2, 0.25) is 0 Å². The van der Waals surface area contributed by atoms with Crippen LogP contribution in [0, 0.1) is 0 Å². The second-order valence-corrected chi connectivity index (χ2v) is 7.21. The number of carbonyl (C=O) groups is 1. The summed E-state index contributed by atoms with van der Waals surface area (Å²) in [5, 5.41) is 2.96. The van der Waals surface area contributed by atoms with E-state index in [0.29, 0.717) is 24.7 Å². The zero-order valence-electron chi connectivity index (χ0n) is 17.2. The number of hydrogen-bond donors (Lipinski definition) is 3. The maximum absolute atomic E-state index is 12.4. The Morgan fingerprint density at radius 3 is 2.31 bits per heavy atom. The molecule has 1 heterocycles. The highest BCUT2D eigenvalue weighted by Crippen LogP contribution is 2.29. The third-order valence-electron chi connectivity index (χ3n) is 5.21. The number of rotatable bonds is 9. The number of amides is 1. The second kappa shape index (κ2) is 10.7. The number of methoxy groups -OCH3 is 2. The van der Waals surface area contributed by atoms with Gasteiger partial charge < -0.3 is 29.3 Å². The summed E-state index contributed by atoms with van der Waals surface area (Å²) in [6.07, 6.45) is 0. The molecule has 3 rings (SSSR count). The van der Waals surface area contributed by atoms with Gasteiger partial charge in [-0.3, -0.25) is 4.79 Å². The van der Waals surface area contributed by atoms with Crippen molar-refractivity contribution in [3.8, 4) is 17.2 Å². The number of anilines is 1. The molecule has 1 aliphatic rings. The Balaban J connectivity index is 1.37. The molecule has 156 valence electrons. The van der Waals surface area contributed by atoms with E-state index in [0.717, 1.165) is 44.2 Å². The first-order chi connectivity index (χ1) is 14.2. The molecular weight excluding hydrogens is 370 g/mol. The largest absolute Gasteiger partial charge is 0.493 e. The van der Waals surface area contributed by atoms with Crippen LogP contribution in [-0.2, 0) is 4.79 Å². The van der Waals surface area contributed by atoms with Gasteiger partial charge in [-0.2, -0.15) is 0 Å². The highest BCUT2D eigenvalue weighted by atomic mass is 16.5. The van der Waals surface area contributed by atoms with Crippen molar-refractivity contribution in [2.24, 2.45) is 0 Å². The van der Waals surface area contributed by atoms with Gasteiger partial charge in [-0.05, 0) is 24.3 Å². The number of benzene rings is 2. The lowest BCUT2D eigenvalue weighted by molar-refractivity contribution is -1.01. The Labute approximate surface area is 172 Å². The fraction of sp³-hybridized carbons (Fsp3) is 0.409. The lowest BCUT2D eigenvalue weighted by Crippen LogP contribution is -3.28. The van der Waals surface area contributed by atoms with Crippen molar-refractivity contribution >= 4 is 11.6 Å². The molecule has 0 aliphatic carbocycles. The summed E-state index contributed by atoms with van der Waals surface area (Å²) in [6, 6.07) is 15.3. The summed E-state index contributed by atoms with van der Waals surface area (Å²) in [5.74, 6) is 2.19. The van der Waals surface area contributed by atoms with Crippen LogP contribution in [0.3, 0.4) is 0 Å². The zero-order valence-corrected chi connectivity index (χ0v) is 17.2. The van der Waals surface area contributed by atoms with Crippen molar-refractivity contribution < 1.29 is 28.8 Å². The molecule has 1 saturated heterocycles. The molecule has 1 aliphatic heterocycles. The zero-order chi connectivity index (χ0) is 20.5. The summed E-state index contributed by atoms with van der Waals surface area (Å²) in [4.78, 5) is 15.3. The average molecular weight is 402 g/mol. The molecule has 0 radical (unpaired) electrons. The van der Waals surface area contributed by atoms with Crippen LogP contribution in [-0.4, -0.2) is 66.0 Å². The van der Waals surface area contributed by atoms with Gasteiger partial charge in [0.05, 0.1) is 14.2 Å². The van der Waals surface area contributed by atoms with Gasteiger partial charge in [0.25, 0.3) is 5.91 Å². The van der Waals surface area contributed by atoms with Crippen molar-refractivity contribution in [1.29, 1.82) is 0 Å². The Morgan fingerprint density at radius 2 is 1.62 bits per heavy atom. The van der Waals surface area contributed by atoms with Crippen LogP contribution in [0.4, 0.5) is 5.69 Å². The number of hydrogen-bond acceptors (Lipinski definition) is 4. The molecule has 0 saturated carbocycles. The molecule has 0 aromatic heterocycles. The van der Waals surface area contributed by atoms with Crippen LogP contribution in [0.1, 0.15) is 0 Å². The van der Waals surface area contributed by atoms with Gasteiger partial charge in [0.15, 0.2) is 18.0 Å². The monoisotopic (exact) mass is 401 g/mol. The van der Waals surface area contributed by atoms with E-state index < -0.39 is 0 Å². The van der Waals surface area contributed by atoms with Gasteiger partial charge in [0, 0.05) is 11.8 Å². The van der Waals surface area contributed by atoms with Gasteiger partial charge in [-0.15, -0.1) is 0 Å². The summed E-state index contributed by atoms with van der Waals surface area (Å²) in [5.41, 5.74) is 0.717. The fourth-order valence-electron chi connectivity index (χ4n) is 3.56. The average Bonchev–Trinajstić information content (AvgIpc) is 2.75. The van der Waals surface area contributed by atoms with E-state index in [1.165, 1.54) is 9.80 Å². The van der Waals surface area contributed by atoms with Crippen molar-refractivity contribution in [1.82, 2.24) is 0 Å². The van der Waals surface area contributed by atoms with Gasteiger partial charge in [0.1, 0.15) is 45.1 Å². The van der Waals surface area contributed by atoms with Gasteiger partial charge in [-0.25, -0.2) is 0 Å². The maximum Gasteiger partial charge on any atom is 0.279 e. The molecular formula is C22H31N3O4+2. The smallest absolute Gasteiger partial charge is 0.279 e. The van der Waals surface area contributed by atoms with Crippen molar-refractivity contribution in [3.05, 3.63) is 48.5 Å². The predicted octanol–water partition coefficient (Wildman–Crippen LogP) is -0.495. The topological polar surface area (TPSA) is 65.7 Å². The SMILES string of the molecule is COc1ccc(NC(=O)C[NH+]2CC[NH+](CCOc3ccccc3)CC2)cc1OC. The van der Waals surface area contributed by atoms with Crippen LogP contribution >= 0.6 is 0 Å². The standard InChI is InChI=1S/C22H29N3O4/c1-27-20-9-8-18(16-21(20)28-2)23-22(26)17-25-12-10-24(11-13-25)14-15-29-19-6-4-3-5-7-19/h3-9,16H,10-15,17H2,1-2H3,(H,23,26)/p+2. The molecule has 1 amide bonds. The third-order valence-corrected chi connectivity index (χ3v) is 5.21. The molecule has 29 heavy (non-hydrogen) atoms. The molecule has 0 atom stereocenters. The molecule has 1 fully saturated rings. The van der Waals surface area contributed by atoms with Crippen molar-refractivity contribution in [2.75, 3.05) is 65.4 Å². The second-order valence-electron chi connectivity index (χ2n) is 7.21. The highest BCUT2D eigenvalue weighted by molar-refractivity contribution is 5.91. The maximum atomic E-state index is 12.4. The third kappa shape index (κ3) is 6.37. The van der Waals surface area contributed by atoms with Crippen molar-refractivity contribution in [3.63, 3.8) is 0 Å². The van der Waals surface area contributed by atoms with Crippen molar-refractivity contribution in [2.45, 2.75) is 0 Å². The quantitative estimate of drug-likeness (QED) is 0.530. The molecule has 3 N–H and O–H groups in total. The molecule has 0 spiro atoms. The number of quaternary nitrogens is 2. The Kier molecular flexibility index (Phi) is 7.72. The fourth-order valence-corrected chi connectivity index (χ4v) is 3.56. The van der Waals surface area contributed by atoms with E-state index in [1.54, 1.807) is 26.4 Å². The summed E-state index contributed by atoms with van der Waals surface area (Å²) in [6.45, 7) is 6.25. The minimum absolute atomic E-state index is 0.0167. The Hall–Kier alpha value is -2.77. The Bertz CT molecular complexity index is 777. The highest BCUT2D eigenvalue weighted by Gasteiger charge is 2.24. The van der Waals surface area contributed by atoms with Gasteiger partial charge >= 0.3 is 0 Å². The van der Waals surface area contributed by atoms with Crippen LogP contribution in [0.25, 0.3) is 0 Å². The molecule has 7 heteroatoms.